The summed E-state index contributed by atoms with van der Waals surface area (Å²) < 4.78 is 0. The molecule has 0 aromatic heterocycles. The summed E-state index contributed by atoms with van der Waals surface area (Å²) in [4.78, 5) is 0. The van der Waals surface area contributed by atoms with Gasteiger partial charge < -0.3 is 15.3 Å². The molecule has 0 bridgehead atoms. The third kappa shape index (κ3) is 263. The Morgan fingerprint density at radius 3 is 0.667 bits per heavy atom. The highest BCUT2D eigenvalue weighted by Crippen LogP contribution is 1.58. The fourth-order valence-electron chi connectivity index (χ4n) is 0. The van der Waals surface area contributed by atoms with Gasteiger partial charge >= 0.3 is 0 Å². The van der Waals surface area contributed by atoms with E-state index in [2.05, 4.69) is 19.7 Å². The van der Waals surface area contributed by atoms with Crippen LogP contribution in [-0.4, -0.2) is 0 Å². The molecule has 0 spiro atoms. The van der Waals surface area contributed by atoms with Gasteiger partial charge in [-0.1, -0.05) is 20.8 Å². The predicted molar refractivity (Wildman–Crippen MR) is 44.4 cm³/mol. The molecule has 0 N–H and O–H groups in total. The van der Waals surface area contributed by atoms with Crippen LogP contribution in [0.5, 0.6) is 0 Å². The number of hydrogen-bond donors (Lipinski definition) is 0. The molecule has 0 heterocycles. The van der Waals surface area contributed by atoms with Gasteiger partial charge in [0, 0.05) is 0 Å². The maximum atomic E-state index is 9.33. The Hall–Kier alpha value is -1.38. The van der Waals surface area contributed by atoms with Gasteiger partial charge in [0.2, 0.25) is 0 Å². The predicted octanol–water partition coefficient (Wildman–Crippen LogP) is -0.359. The highest BCUT2D eigenvalue weighted by Gasteiger charge is 1.36. The van der Waals surface area contributed by atoms with E-state index >= 15 is 0 Å². The molecule has 3 nitrogen and oxygen atoms in total. The van der Waals surface area contributed by atoms with E-state index in [4.69, 9.17) is 0 Å². The molecule has 0 aromatic rings. The van der Waals surface area contributed by atoms with Crippen molar-refractivity contribution >= 4 is 0 Å². The summed E-state index contributed by atoms with van der Waals surface area (Å²) in [6.07, 6.45) is 0. The molecule has 0 fully saturated rings. The van der Waals surface area contributed by atoms with Gasteiger partial charge in [-0.15, -0.1) is 37.0 Å². The lowest BCUT2D eigenvalue weighted by atomic mass is 10.7. The minimum atomic E-state index is -0.0833. The summed E-state index contributed by atoms with van der Waals surface area (Å²) >= 11 is 0. The fourth-order valence-corrected chi connectivity index (χ4v) is 0. The van der Waals surface area contributed by atoms with Crippen LogP contribution < -0.4 is 15.3 Å². The Bertz CT molecular complexity index is 107. The van der Waals surface area contributed by atoms with Crippen molar-refractivity contribution < 1.29 is 15.3 Å². The van der Waals surface area contributed by atoms with Crippen molar-refractivity contribution in [3.05, 3.63) is 37.0 Å². The smallest absolute Gasteiger partial charge is 0.0549 e. The molecule has 0 rings (SSSR count). The Balaban J connectivity index is -0.000000101. The van der Waals surface area contributed by atoms with Gasteiger partial charge in [-0.25, -0.2) is 0 Å². The van der Waals surface area contributed by atoms with Gasteiger partial charge in [-0.2, -0.15) is 0 Å². The normalized spacial score (nSPS) is 6.25. The van der Waals surface area contributed by atoms with Crippen LogP contribution in [0.15, 0.2) is 37.0 Å². The average Bonchev–Trinajstić information content (AvgIpc) is 1.54. The lowest BCUT2D eigenvalue weighted by Crippen LogP contribution is -1.93. The topological polar surface area (TPSA) is 69.2 Å². The SMILES string of the molecule is C=C(C)[O-].C=C(C)[O-].C=C(C)[O-]. The molecule has 0 saturated carbocycles. The Morgan fingerprint density at radius 2 is 0.667 bits per heavy atom. The molecule has 0 aliphatic heterocycles. The van der Waals surface area contributed by atoms with E-state index in [1.54, 1.807) is 0 Å². The van der Waals surface area contributed by atoms with E-state index in [1.165, 1.54) is 20.8 Å². The number of rotatable bonds is 0. The highest BCUT2D eigenvalue weighted by molar-refractivity contribution is 4.65. The van der Waals surface area contributed by atoms with E-state index in [-0.39, 0.29) is 17.3 Å². The standard InChI is InChI=1S/3C3H6O/c3*1-3(2)4/h3*4H,1H2,2H3/p-3. The quantitative estimate of drug-likeness (QED) is 0.467. The summed E-state index contributed by atoms with van der Waals surface area (Å²) in [5.41, 5.74) is 0. The van der Waals surface area contributed by atoms with Crippen molar-refractivity contribution in [1.29, 1.82) is 0 Å². The summed E-state index contributed by atoms with van der Waals surface area (Å²) in [6, 6.07) is 0. The molecule has 3 heteroatoms. The summed E-state index contributed by atoms with van der Waals surface area (Å²) in [5.74, 6) is -0.250. The molecule has 72 valence electrons. The largest absolute Gasteiger partial charge is 0.876 e. The fraction of sp³-hybridized carbons (Fsp3) is 0.333. The zero-order chi connectivity index (χ0) is 10.7. The highest BCUT2D eigenvalue weighted by atomic mass is 16.3. The second kappa shape index (κ2) is 12.3. The monoisotopic (exact) mass is 171 g/mol. The Morgan fingerprint density at radius 1 is 0.667 bits per heavy atom. The van der Waals surface area contributed by atoms with Gasteiger partial charge in [0.05, 0.1) is 0 Å². The minimum Gasteiger partial charge on any atom is -0.876 e. The first-order chi connectivity index (χ1) is 5.20. The molecule has 0 unspecified atom stereocenters. The first-order valence-corrected chi connectivity index (χ1v) is 3.17. The van der Waals surface area contributed by atoms with Gasteiger partial charge in [0.15, 0.2) is 0 Å². The van der Waals surface area contributed by atoms with E-state index in [0.29, 0.717) is 0 Å². The van der Waals surface area contributed by atoms with Crippen molar-refractivity contribution in [2.45, 2.75) is 20.8 Å². The molecular formula is C9H15O3-3. The van der Waals surface area contributed by atoms with Gasteiger partial charge in [0.1, 0.15) is 0 Å². The van der Waals surface area contributed by atoms with Gasteiger partial charge in [0.25, 0.3) is 0 Å². The van der Waals surface area contributed by atoms with Gasteiger partial charge in [-0.3, -0.25) is 0 Å². The minimum absolute atomic E-state index is 0.0833. The van der Waals surface area contributed by atoms with E-state index < -0.39 is 0 Å². The maximum absolute atomic E-state index is 9.33. The van der Waals surface area contributed by atoms with Crippen LogP contribution in [0.1, 0.15) is 20.8 Å². The second-order valence-electron chi connectivity index (χ2n) is 2.11. The molecule has 0 saturated heterocycles. The molecule has 0 atom stereocenters. The van der Waals surface area contributed by atoms with Crippen LogP contribution in [0.25, 0.3) is 0 Å². The third-order valence-corrected chi connectivity index (χ3v) is 0. The third-order valence-electron chi connectivity index (χ3n) is 0. The average molecular weight is 171 g/mol. The van der Waals surface area contributed by atoms with Crippen LogP contribution in [0, 0.1) is 0 Å². The van der Waals surface area contributed by atoms with E-state index in [1.807, 2.05) is 0 Å². The van der Waals surface area contributed by atoms with Gasteiger partial charge in [-0.05, 0) is 0 Å². The second-order valence-corrected chi connectivity index (χ2v) is 2.11. The molecule has 0 radical (unpaired) electrons. The molecular weight excluding hydrogens is 156 g/mol. The molecule has 0 aromatic carbocycles. The first-order valence-electron chi connectivity index (χ1n) is 3.17. The van der Waals surface area contributed by atoms with Crippen LogP contribution in [0.3, 0.4) is 0 Å². The van der Waals surface area contributed by atoms with Crippen LogP contribution in [0.4, 0.5) is 0 Å². The Labute approximate surface area is 74.0 Å². The zero-order valence-corrected chi connectivity index (χ0v) is 7.85. The lowest BCUT2D eigenvalue weighted by molar-refractivity contribution is -0.301. The van der Waals surface area contributed by atoms with E-state index in [9.17, 15) is 15.3 Å². The van der Waals surface area contributed by atoms with Crippen molar-refractivity contribution in [3.8, 4) is 0 Å². The van der Waals surface area contributed by atoms with Crippen LogP contribution in [0.2, 0.25) is 0 Å². The van der Waals surface area contributed by atoms with E-state index in [0.717, 1.165) is 0 Å². The van der Waals surface area contributed by atoms with Crippen molar-refractivity contribution in [3.63, 3.8) is 0 Å². The van der Waals surface area contributed by atoms with Crippen molar-refractivity contribution in [2.24, 2.45) is 0 Å². The van der Waals surface area contributed by atoms with Crippen molar-refractivity contribution in [2.75, 3.05) is 0 Å². The molecule has 0 aliphatic rings. The maximum Gasteiger partial charge on any atom is -0.0549 e. The molecule has 0 aliphatic carbocycles. The zero-order valence-electron chi connectivity index (χ0n) is 7.85. The van der Waals surface area contributed by atoms with Crippen molar-refractivity contribution in [1.82, 2.24) is 0 Å². The number of hydrogen-bond acceptors (Lipinski definition) is 3. The van der Waals surface area contributed by atoms with Crippen LogP contribution >= 0.6 is 0 Å². The first kappa shape index (κ1) is 16.9. The summed E-state index contributed by atoms with van der Waals surface area (Å²) in [7, 11) is 0. The number of allylic oxidation sites excluding steroid dienone is 3. The molecule has 0 amide bonds. The van der Waals surface area contributed by atoms with Crippen LogP contribution in [-0.2, 0) is 0 Å². The molecule has 12 heavy (non-hydrogen) atoms. The lowest BCUT2D eigenvalue weighted by Gasteiger charge is -1.92. The Kier molecular flexibility index (Phi) is 17.4. The summed E-state index contributed by atoms with van der Waals surface area (Å²) in [6.45, 7) is 13.2. The summed E-state index contributed by atoms with van der Waals surface area (Å²) in [5, 5.41) is 28.0.